The molecule has 1 heterocycles. The minimum absolute atomic E-state index is 0.00271. The van der Waals surface area contributed by atoms with Crippen LogP contribution in [0.25, 0.3) is 0 Å². The average Bonchev–Trinajstić information content (AvgIpc) is 2.91. The highest BCUT2D eigenvalue weighted by atomic mass is 16.6. The van der Waals surface area contributed by atoms with Gasteiger partial charge in [-0.15, -0.1) is 0 Å². The van der Waals surface area contributed by atoms with Gasteiger partial charge in [0.05, 0.1) is 59.0 Å². The molecule has 0 spiro atoms. The summed E-state index contributed by atoms with van der Waals surface area (Å²) in [6, 6.07) is 0.194. The van der Waals surface area contributed by atoms with Crippen molar-refractivity contribution < 1.29 is 24.1 Å². The smallest absolute Gasteiger partial charge is 0.0756 e. The van der Waals surface area contributed by atoms with E-state index in [2.05, 4.69) is 25.7 Å². The molecule has 1 aliphatic heterocycles. The summed E-state index contributed by atoms with van der Waals surface area (Å²) in [5, 5.41) is 11.2. The molecule has 26 heavy (non-hydrogen) atoms. The van der Waals surface area contributed by atoms with Gasteiger partial charge in [0, 0.05) is 24.5 Å². The molecule has 0 amide bonds. The van der Waals surface area contributed by atoms with E-state index in [9.17, 15) is 5.11 Å². The van der Waals surface area contributed by atoms with Crippen molar-refractivity contribution in [1.29, 1.82) is 0 Å². The summed E-state index contributed by atoms with van der Waals surface area (Å²) in [5.41, 5.74) is 0.167. The van der Waals surface area contributed by atoms with E-state index in [0.717, 1.165) is 19.5 Å². The Kier molecular flexibility index (Phi) is 6.97. The number of hydrogen-bond donors (Lipinski definition) is 1. The number of hydrogen-bond acceptors (Lipinski definition) is 6. The van der Waals surface area contributed by atoms with Gasteiger partial charge in [0.15, 0.2) is 0 Å². The van der Waals surface area contributed by atoms with Crippen molar-refractivity contribution in [3.8, 4) is 0 Å². The first kappa shape index (κ1) is 20.5. The Bertz CT molecular complexity index is 430. The van der Waals surface area contributed by atoms with Gasteiger partial charge >= 0.3 is 0 Å². The lowest BCUT2D eigenvalue weighted by atomic mass is 9.70. The van der Waals surface area contributed by atoms with Crippen LogP contribution in [-0.2, 0) is 18.9 Å². The van der Waals surface area contributed by atoms with E-state index in [1.165, 1.54) is 6.42 Å². The van der Waals surface area contributed by atoms with Crippen molar-refractivity contribution in [2.75, 3.05) is 65.9 Å². The van der Waals surface area contributed by atoms with Gasteiger partial charge < -0.3 is 24.1 Å². The molecule has 4 atom stereocenters. The Morgan fingerprint density at radius 1 is 0.769 bits per heavy atom. The SMILES string of the molecule is CC1(C)C2CC[C@@]1(C)[C@H](O)C2N1CCOCCOCCOCCOCC1. The normalized spacial score (nSPS) is 40.8. The maximum atomic E-state index is 11.2. The fourth-order valence-electron chi connectivity index (χ4n) is 5.28. The first-order chi connectivity index (χ1) is 12.5. The van der Waals surface area contributed by atoms with Crippen LogP contribution >= 0.6 is 0 Å². The van der Waals surface area contributed by atoms with Gasteiger partial charge in [0.25, 0.3) is 0 Å². The first-order valence-electron chi connectivity index (χ1n) is 10.2. The lowest BCUT2D eigenvalue weighted by molar-refractivity contribution is -0.0450. The highest BCUT2D eigenvalue weighted by Crippen LogP contribution is 2.66. The highest BCUT2D eigenvalue weighted by Gasteiger charge is 2.66. The van der Waals surface area contributed by atoms with E-state index >= 15 is 0 Å². The van der Waals surface area contributed by atoms with E-state index in [-0.39, 0.29) is 23.0 Å². The summed E-state index contributed by atoms with van der Waals surface area (Å²) in [7, 11) is 0. The molecule has 2 aliphatic carbocycles. The lowest BCUT2D eigenvalue weighted by Crippen LogP contribution is -2.51. The largest absolute Gasteiger partial charge is 0.391 e. The van der Waals surface area contributed by atoms with Crippen LogP contribution in [-0.4, -0.2) is 88.1 Å². The molecule has 6 nitrogen and oxygen atoms in total. The molecule has 1 N–H and O–H groups in total. The minimum Gasteiger partial charge on any atom is -0.391 e. The fourth-order valence-corrected chi connectivity index (χ4v) is 5.28. The van der Waals surface area contributed by atoms with Gasteiger partial charge in [-0.3, -0.25) is 4.90 Å². The molecule has 152 valence electrons. The van der Waals surface area contributed by atoms with Crippen molar-refractivity contribution in [2.45, 2.75) is 45.8 Å². The van der Waals surface area contributed by atoms with Crippen LogP contribution in [0.3, 0.4) is 0 Å². The van der Waals surface area contributed by atoms with Crippen molar-refractivity contribution in [1.82, 2.24) is 4.90 Å². The van der Waals surface area contributed by atoms with Crippen LogP contribution in [0.2, 0.25) is 0 Å². The summed E-state index contributed by atoms with van der Waals surface area (Å²) >= 11 is 0. The van der Waals surface area contributed by atoms with E-state index in [0.29, 0.717) is 58.8 Å². The van der Waals surface area contributed by atoms with Gasteiger partial charge in [0.1, 0.15) is 0 Å². The summed E-state index contributed by atoms with van der Waals surface area (Å²) < 4.78 is 22.5. The van der Waals surface area contributed by atoms with Crippen LogP contribution < -0.4 is 0 Å². The number of ether oxygens (including phenoxy) is 4. The average molecular weight is 372 g/mol. The number of rotatable bonds is 1. The molecule has 6 heteroatoms. The predicted octanol–water partition coefficient (Wildman–Crippen LogP) is 1.55. The van der Waals surface area contributed by atoms with Gasteiger partial charge in [-0.05, 0) is 24.2 Å². The Labute approximate surface area is 158 Å². The zero-order valence-corrected chi connectivity index (χ0v) is 16.7. The molecule has 2 bridgehead atoms. The van der Waals surface area contributed by atoms with Gasteiger partial charge in [-0.2, -0.15) is 0 Å². The van der Waals surface area contributed by atoms with Gasteiger partial charge in [0.2, 0.25) is 0 Å². The summed E-state index contributed by atoms with van der Waals surface area (Å²) in [6.07, 6.45) is 2.04. The van der Waals surface area contributed by atoms with Crippen LogP contribution in [0, 0.1) is 16.7 Å². The highest BCUT2D eigenvalue weighted by molar-refractivity contribution is 5.17. The molecular weight excluding hydrogens is 334 g/mol. The summed E-state index contributed by atoms with van der Waals surface area (Å²) in [5.74, 6) is 0.524. The minimum atomic E-state index is -0.287. The Balaban J connectivity index is 1.63. The molecule has 0 radical (unpaired) electrons. The molecular formula is C20H37NO5. The molecule has 0 aromatic heterocycles. The van der Waals surface area contributed by atoms with E-state index in [1.54, 1.807) is 0 Å². The molecule has 1 saturated heterocycles. The van der Waals surface area contributed by atoms with Crippen molar-refractivity contribution in [2.24, 2.45) is 16.7 Å². The molecule has 0 aromatic rings. The van der Waals surface area contributed by atoms with Crippen molar-refractivity contribution >= 4 is 0 Å². The molecule has 3 fully saturated rings. The Morgan fingerprint density at radius 2 is 1.23 bits per heavy atom. The second-order valence-corrected chi connectivity index (χ2v) is 8.71. The lowest BCUT2D eigenvalue weighted by Gasteiger charge is -2.40. The molecule has 3 rings (SSSR count). The maximum absolute atomic E-state index is 11.2. The van der Waals surface area contributed by atoms with Crippen molar-refractivity contribution in [3.63, 3.8) is 0 Å². The summed E-state index contributed by atoms with van der Waals surface area (Å²) in [6.45, 7) is 13.5. The Hall–Kier alpha value is -0.240. The number of fused-ring (bicyclic) bond motifs is 2. The summed E-state index contributed by atoms with van der Waals surface area (Å²) in [4.78, 5) is 2.41. The molecule has 2 saturated carbocycles. The van der Waals surface area contributed by atoms with Crippen LogP contribution in [0.5, 0.6) is 0 Å². The van der Waals surface area contributed by atoms with Gasteiger partial charge in [-0.1, -0.05) is 20.8 Å². The second kappa shape index (κ2) is 8.84. The first-order valence-corrected chi connectivity index (χ1v) is 10.2. The third kappa shape index (κ3) is 3.96. The quantitative estimate of drug-likeness (QED) is 0.755. The van der Waals surface area contributed by atoms with Crippen LogP contribution in [0.4, 0.5) is 0 Å². The third-order valence-electron chi connectivity index (χ3n) is 7.35. The number of nitrogens with zero attached hydrogens (tertiary/aromatic N) is 1. The third-order valence-corrected chi connectivity index (χ3v) is 7.35. The Morgan fingerprint density at radius 3 is 1.65 bits per heavy atom. The maximum Gasteiger partial charge on any atom is 0.0756 e. The topological polar surface area (TPSA) is 60.4 Å². The molecule has 0 aromatic carbocycles. The monoisotopic (exact) mass is 371 g/mol. The number of aliphatic hydroxyl groups excluding tert-OH is 1. The molecule has 2 unspecified atom stereocenters. The van der Waals surface area contributed by atoms with Gasteiger partial charge in [-0.25, -0.2) is 0 Å². The standard InChI is InChI=1S/C20H37NO5/c1-19(2)16-4-5-20(19,3)18(22)17(16)21-6-8-23-10-12-25-14-15-26-13-11-24-9-7-21/h16-18,22H,4-15H2,1-3H3/t16?,17?,18-,20+/m1/s1. The van der Waals surface area contributed by atoms with E-state index < -0.39 is 0 Å². The van der Waals surface area contributed by atoms with Crippen molar-refractivity contribution in [3.05, 3.63) is 0 Å². The molecule has 3 aliphatic rings. The zero-order valence-electron chi connectivity index (χ0n) is 16.7. The fraction of sp³-hybridized carbons (Fsp3) is 1.00. The second-order valence-electron chi connectivity index (χ2n) is 8.71. The van der Waals surface area contributed by atoms with E-state index in [4.69, 9.17) is 18.9 Å². The van der Waals surface area contributed by atoms with Crippen LogP contribution in [0.1, 0.15) is 33.6 Å². The zero-order chi connectivity index (χ0) is 18.6. The predicted molar refractivity (Wildman–Crippen MR) is 99.3 cm³/mol. The van der Waals surface area contributed by atoms with E-state index in [1.807, 2.05) is 0 Å². The number of aliphatic hydroxyl groups is 1. The van der Waals surface area contributed by atoms with Crippen LogP contribution in [0.15, 0.2) is 0 Å².